The van der Waals surface area contributed by atoms with Crippen molar-refractivity contribution in [2.24, 2.45) is 0 Å². The normalized spacial score (nSPS) is 12.8. The van der Waals surface area contributed by atoms with Gasteiger partial charge < -0.3 is 4.74 Å². The molecule has 0 spiro atoms. The van der Waals surface area contributed by atoms with E-state index in [2.05, 4.69) is 66.7 Å². The van der Waals surface area contributed by atoms with Gasteiger partial charge in [-0.05, 0) is 41.4 Å². The van der Waals surface area contributed by atoms with Crippen LogP contribution < -0.4 is 4.74 Å². The van der Waals surface area contributed by atoms with Gasteiger partial charge in [-0.25, -0.2) is 0 Å². The van der Waals surface area contributed by atoms with Crippen LogP contribution in [0.3, 0.4) is 0 Å². The quantitative estimate of drug-likeness (QED) is 0.350. The van der Waals surface area contributed by atoms with E-state index in [1.54, 1.807) is 6.08 Å². The maximum atomic E-state index is 9.18. The van der Waals surface area contributed by atoms with E-state index >= 15 is 0 Å². The number of allylic oxidation sites excluding steroid dienone is 2. The van der Waals surface area contributed by atoms with Crippen LogP contribution in [0.1, 0.15) is 104 Å². The zero-order valence-corrected chi connectivity index (χ0v) is 18.8. The first-order valence-electron chi connectivity index (χ1n) is 10.4. The summed E-state index contributed by atoms with van der Waals surface area (Å²) in [6, 6.07) is 6.70. The molecular weight excluding hydrogens is 330 g/mol. The summed E-state index contributed by atoms with van der Waals surface area (Å²) in [6.45, 7) is 18.4. The van der Waals surface area contributed by atoms with E-state index in [1.165, 1.54) is 36.8 Å². The number of nitriles is 1. The van der Waals surface area contributed by atoms with Crippen LogP contribution in [-0.2, 0) is 10.8 Å². The Bertz CT molecular complexity index is 678. The van der Waals surface area contributed by atoms with Crippen LogP contribution in [0.5, 0.6) is 5.75 Å². The van der Waals surface area contributed by atoms with Crippen molar-refractivity contribution in [2.75, 3.05) is 6.61 Å². The summed E-state index contributed by atoms with van der Waals surface area (Å²) in [5.41, 5.74) is 4.55. The fourth-order valence-corrected chi connectivity index (χ4v) is 3.12. The van der Waals surface area contributed by atoms with E-state index in [-0.39, 0.29) is 10.8 Å². The van der Waals surface area contributed by atoms with E-state index in [0.717, 1.165) is 29.9 Å². The lowest BCUT2D eigenvalue weighted by molar-refractivity contribution is 0.295. The zero-order valence-electron chi connectivity index (χ0n) is 18.8. The molecule has 2 nitrogen and oxygen atoms in total. The summed E-state index contributed by atoms with van der Waals surface area (Å²) in [4.78, 5) is 0. The second-order valence-corrected chi connectivity index (χ2v) is 9.62. The van der Waals surface area contributed by atoms with E-state index in [4.69, 9.17) is 4.74 Å². The summed E-state index contributed by atoms with van der Waals surface area (Å²) in [7, 11) is 0. The summed E-state index contributed by atoms with van der Waals surface area (Å²) in [5.74, 6) is 0.954. The summed E-state index contributed by atoms with van der Waals surface area (Å²) < 4.78 is 6.36. The van der Waals surface area contributed by atoms with Gasteiger partial charge in [0.2, 0.25) is 0 Å². The fourth-order valence-electron chi connectivity index (χ4n) is 3.12. The van der Waals surface area contributed by atoms with Crippen LogP contribution in [0.2, 0.25) is 0 Å². The highest BCUT2D eigenvalue weighted by Gasteiger charge is 2.26. The van der Waals surface area contributed by atoms with Gasteiger partial charge >= 0.3 is 0 Å². The summed E-state index contributed by atoms with van der Waals surface area (Å²) in [5, 5.41) is 9.18. The van der Waals surface area contributed by atoms with Crippen LogP contribution in [0.4, 0.5) is 0 Å². The van der Waals surface area contributed by atoms with Crippen LogP contribution in [0, 0.1) is 11.3 Å². The Labute approximate surface area is 167 Å². The minimum atomic E-state index is -0.0273. The van der Waals surface area contributed by atoms with Gasteiger partial charge in [0, 0.05) is 17.2 Å². The average molecular weight is 370 g/mol. The molecule has 1 aromatic rings. The molecule has 0 aromatic heterocycles. The van der Waals surface area contributed by atoms with Gasteiger partial charge in [-0.3, -0.25) is 0 Å². The molecule has 2 heteroatoms. The largest absolute Gasteiger partial charge is 0.493 e. The Morgan fingerprint density at radius 1 is 1.00 bits per heavy atom. The monoisotopic (exact) mass is 369 g/mol. The molecule has 0 heterocycles. The third-order valence-electron chi connectivity index (χ3n) is 4.96. The minimum absolute atomic E-state index is 0.0273. The second kappa shape index (κ2) is 9.98. The predicted molar refractivity (Wildman–Crippen MR) is 117 cm³/mol. The number of hydrogen-bond acceptors (Lipinski definition) is 2. The minimum Gasteiger partial charge on any atom is -0.493 e. The molecule has 0 atom stereocenters. The van der Waals surface area contributed by atoms with Crippen molar-refractivity contribution in [3.8, 4) is 11.8 Å². The first-order chi connectivity index (χ1) is 12.5. The Kier molecular flexibility index (Phi) is 8.60. The number of hydrogen-bond donors (Lipinski definition) is 0. The van der Waals surface area contributed by atoms with Gasteiger partial charge in [-0.2, -0.15) is 5.26 Å². The molecule has 0 N–H and O–H groups in total. The Balaban J connectivity index is 3.34. The van der Waals surface area contributed by atoms with Crippen molar-refractivity contribution in [3.63, 3.8) is 0 Å². The van der Waals surface area contributed by atoms with Crippen molar-refractivity contribution in [2.45, 2.75) is 98.3 Å². The molecule has 0 saturated heterocycles. The highest BCUT2D eigenvalue weighted by molar-refractivity contribution is 5.73. The highest BCUT2D eigenvalue weighted by atomic mass is 16.5. The molecule has 0 radical (unpaired) electrons. The molecule has 0 aliphatic carbocycles. The van der Waals surface area contributed by atoms with Crippen molar-refractivity contribution in [3.05, 3.63) is 34.9 Å². The SMILES string of the molecule is CCCCCCCOc1c(C(C)=CC#N)cc(C(C)(C)C)cc1C(C)(C)C. The Hall–Kier alpha value is -1.75. The maximum absolute atomic E-state index is 9.18. The Morgan fingerprint density at radius 3 is 2.15 bits per heavy atom. The van der Waals surface area contributed by atoms with Crippen molar-refractivity contribution in [1.82, 2.24) is 0 Å². The maximum Gasteiger partial charge on any atom is 0.130 e. The molecular formula is C25H39NO. The van der Waals surface area contributed by atoms with E-state index in [1.807, 2.05) is 6.92 Å². The van der Waals surface area contributed by atoms with Gasteiger partial charge in [0.1, 0.15) is 5.75 Å². The number of nitrogens with zero attached hydrogens (tertiary/aromatic N) is 1. The lowest BCUT2D eigenvalue weighted by atomic mass is 9.78. The van der Waals surface area contributed by atoms with Crippen LogP contribution in [0.15, 0.2) is 18.2 Å². The number of benzene rings is 1. The zero-order chi connectivity index (χ0) is 20.7. The van der Waals surface area contributed by atoms with Gasteiger partial charge in [0.05, 0.1) is 12.7 Å². The van der Waals surface area contributed by atoms with Crippen molar-refractivity contribution < 1.29 is 4.74 Å². The Morgan fingerprint density at radius 2 is 1.63 bits per heavy atom. The molecule has 1 rings (SSSR count). The molecule has 150 valence electrons. The molecule has 0 aliphatic heterocycles. The lowest BCUT2D eigenvalue weighted by Gasteiger charge is -2.29. The predicted octanol–water partition coefficient (Wildman–Crippen LogP) is 7.56. The van der Waals surface area contributed by atoms with E-state index < -0.39 is 0 Å². The first-order valence-corrected chi connectivity index (χ1v) is 10.4. The molecule has 0 aliphatic rings. The lowest BCUT2D eigenvalue weighted by Crippen LogP contribution is -2.19. The summed E-state index contributed by atoms with van der Waals surface area (Å²) >= 11 is 0. The molecule has 27 heavy (non-hydrogen) atoms. The van der Waals surface area contributed by atoms with E-state index in [9.17, 15) is 5.26 Å². The average Bonchev–Trinajstić information content (AvgIpc) is 2.56. The third kappa shape index (κ3) is 7.06. The van der Waals surface area contributed by atoms with Gasteiger partial charge in [-0.15, -0.1) is 0 Å². The fraction of sp³-hybridized carbons (Fsp3) is 0.640. The van der Waals surface area contributed by atoms with Crippen molar-refractivity contribution >= 4 is 5.57 Å². The topological polar surface area (TPSA) is 33.0 Å². The molecule has 0 saturated carbocycles. The van der Waals surface area contributed by atoms with E-state index in [0.29, 0.717) is 0 Å². The van der Waals surface area contributed by atoms with Gasteiger partial charge in [0.15, 0.2) is 0 Å². The highest BCUT2D eigenvalue weighted by Crippen LogP contribution is 2.41. The van der Waals surface area contributed by atoms with Gasteiger partial charge in [0.25, 0.3) is 0 Å². The van der Waals surface area contributed by atoms with Gasteiger partial charge in [-0.1, -0.05) is 80.2 Å². The summed E-state index contributed by atoms with van der Waals surface area (Å²) in [6.07, 6.45) is 7.73. The number of ether oxygens (including phenoxy) is 1. The molecule has 0 amide bonds. The first kappa shape index (κ1) is 23.3. The molecule has 1 aromatic carbocycles. The number of rotatable bonds is 8. The van der Waals surface area contributed by atoms with Crippen LogP contribution in [-0.4, -0.2) is 6.61 Å². The number of unbranched alkanes of at least 4 members (excludes halogenated alkanes) is 4. The molecule has 0 bridgehead atoms. The van der Waals surface area contributed by atoms with Crippen LogP contribution in [0.25, 0.3) is 5.57 Å². The molecule has 0 unspecified atom stereocenters. The second-order valence-electron chi connectivity index (χ2n) is 9.62. The third-order valence-corrected chi connectivity index (χ3v) is 4.96. The van der Waals surface area contributed by atoms with Crippen molar-refractivity contribution in [1.29, 1.82) is 5.26 Å². The smallest absolute Gasteiger partial charge is 0.130 e. The van der Waals surface area contributed by atoms with Crippen LogP contribution >= 0.6 is 0 Å². The molecule has 0 fully saturated rings. The standard InChI is InChI=1S/C25H39NO/c1-9-10-11-12-13-16-27-23-21(19(2)14-15-26)17-20(24(3,4)5)18-22(23)25(6,7)8/h14,17-18H,9-13,16H2,1-8H3.